The first kappa shape index (κ1) is 20.5. The van der Waals surface area contributed by atoms with Gasteiger partial charge >= 0.3 is 0 Å². The highest BCUT2D eigenvalue weighted by Crippen LogP contribution is 2.27. The van der Waals surface area contributed by atoms with Gasteiger partial charge in [-0.1, -0.05) is 43.3 Å². The van der Waals surface area contributed by atoms with Gasteiger partial charge in [-0.3, -0.25) is 14.1 Å². The molecule has 6 nitrogen and oxygen atoms in total. The molecule has 0 bridgehead atoms. The summed E-state index contributed by atoms with van der Waals surface area (Å²) in [4.78, 5) is 16.7. The number of aryl methyl sites for hydroxylation is 1. The number of hydrogen-bond donors (Lipinski definition) is 1. The first-order valence-corrected chi connectivity index (χ1v) is 10.8. The number of anilines is 1. The molecule has 0 radical (unpaired) electrons. The average Bonchev–Trinajstić information content (AvgIpc) is 2.77. The second-order valence-electron chi connectivity index (χ2n) is 6.44. The van der Waals surface area contributed by atoms with Gasteiger partial charge in [0.15, 0.2) is 0 Å². The van der Waals surface area contributed by atoms with Crippen LogP contribution in [0.2, 0.25) is 0 Å². The Balaban J connectivity index is 1.90. The predicted octanol–water partition coefficient (Wildman–Crippen LogP) is 3.16. The van der Waals surface area contributed by atoms with Gasteiger partial charge in [-0.05, 0) is 47.9 Å². The summed E-state index contributed by atoms with van der Waals surface area (Å²) in [6.07, 6.45) is 3.94. The molecule has 0 aliphatic carbocycles. The van der Waals surface area contributed by atoms with Crippen molar-refractivity contribution in [3.63, 3.8) is 0 Å². The number of pyridine rings is 1. The Hall–Kier alpha value is -3.19. The average molecular weight is 410 g/mol. The zero-order valence-electron chi connectivity index (χ0n) is 16.2. The van der Waals surface area contributed by atoms with Gasteiger partial charge in [0, 0.05) is 18.9 Å². The van der Waals surface area contributed by atoms with Crippen LogP contribution in [0.1, 0.15) is 18.1 Å². The highest BCUT2D eigenvalue weighted by molar-refractivity contribution is 7.92. The van der Waals surface area contributed by atoms with Crippen molar-refractivity contribution >= 4 is 21.6 Å². The number of amides is 1. The van der Waals surface area contributed by atoms with E-state index in [1.165, 1.54) is 16.4 Å². The number of carbonyl (C=O) groups excluding carboxylic acids is 1. The lowest BCUT2D eigenvalue weighted by atomic mass is 10.1. The molecule has 1 amide bonds. The van der Waals surface area contributed by atoms with Crippen molar-refractivity contribution in [2.75, 3.05) is 10.8 Å². The smallest absolute Gasteiger partial charge is 0.264 e. The fraction of sp³-hybridized carbons (Fsp3) is 0.182. The molecule has 0 aliphatic heterocycles. The molecule has 2 aromatic carbocycles. The monoisotopic (exact) mass is 409 g/mol. The van der Waals surface area contributed by atoms with Crippen molar-refractivity contribution in [2.24, 2.45) is 0 Å². The molecule has 0 saturated heterocycles. The Labute approximate surface area is 171 Å². The van der Waals surface area contributed by atoms with Crippen LogP contribution in [0.25, 0.3) is 0 Å². The van der Waals surface area contributed by atoms with Crippen molar-refractivity contribution in [1.82, 2.24) is 10.3 Å². The number of para-hydroxylation sites is 1. The van der Waals surface area contributed by atoms with Crippen LogP contribution in [0.3, 0.4) is 0 Å². The molecule has 150 valence electrons. The first-order chi connectivity index (χ1) is 14.0. The number of nitrogens with zero attached hydrogens (tertiary/aromatic N) is 2. The van der Waals surface area contributed by atoms with E-state index in [0.717, 1.165) is 11.1 Å². The molecule has 0 fully saturated rings. The van der Waals surface area contributed by atoms with E-state index >= 15 is 0 Å². The largest absolute Gasteiger partial charge is 0.350 e. The van der Waals surface area contributed by atoms with E-state index in [2.05, 4.69) is 10.3 Å². The van der Waals surface area contributed by atoms with Gasteiger partial charge in [0.05, 0.1) is 10.6 Å². The van der Waals surface area contributed by atoms with E-state index in [1.807, 2.05) is 19.1 Å². The third kappa shape index (κ3) is 5.00. The molecule has 0 unspecified atom stereocenters. The molecule has 1 heterocycles. The van der Waals surface area contributed by atoms with E-state index in [0.29, 0.717) is 18.7 Å². The molecule has 0 atom stereocenters. The molecular formula is C22H23N3O3S. The van der Waals surface area contributed by atoms with E-state index in [9.17, 15) is 13.2 Å². The SMILES string of the molecule is CCc1ccccc1N(CC(=O)NCc1ccncc1)S(=O)(=O)c1ccccc1. The second kappa shape index (κ2) is 9.34. The number of aromatic nitrogens is 1. The van der Waals surface area contributed by atoms with Crippen LogP contribution < -0.4 is 9.62 Å². The summed E-state index contributed by atoms with van der Waals surface area (Å²) < 4.78 is 27.9. The molecule has 3 rings (SSSR count). The first-order valence-electron chi connectivity index (χ1n) is 9.33. The zero-order valence-corrected chi connectivity index (χ0v) is 17.0. The van der Waals surface area contributed by atoms with Crippen LogP contribution in [0.4, 0.5) is 5.69 Å². The third-order valence-corrected chi connectivity index (χ3v) is 6.27. The summed E-state index contributed by atoms with van der Waals surface area (Å²) in [5.41, 5.74) is 2.26. The van der Waals surface area contributed by atoms with Crippen molar-refractivity contribution in [2.45, 2.75) is 24.8 Å². The minimum absolute atomic E-state index is 0.146. The van der Waals surface area contributed by atoms with Crippen molar-refractivity contribution in [1.29, 1.82) is 0 Å². The quantitative estimate of drug-likeness (QED) is 0.620. The molecule has 0 spiro atoms. The summed E-state index contributed by atoms with van der Waals surface area (Å²) in [5.74, 6) is -0.382. The van der Waals surface area contributed by atoms with Gasteiger partial charge in [0.1, 0.15) is 6.54 Å². The van der Waals surface area contributed by atoms with Crippen LogP contribution in [0.15, 0.2) is 84.0 Å². The maximum absolute atomic E-state index is 13.3. The van der Waals surface area contributed by atoms with Gasteiger partial charge in [-0.15, -0.1) is 0 Å². The fourth-order valence-corrected chi connectivity index (χ4v) is 4.44. The van der Waals surface area contributed by atoms with E-state index in [1.54, 1.807) is 54.9 Å². The van der Waals surface area contributed by atoms with Crippen LogP contribution in [0.5, 0.6) is 0 Å². The lowest BCUT2D eigenvalue weighted by molar-refractivity contribution is -0.119. The highest BCUT2D eigenvalue weighted by atomic mass is 32.2. The zero-order chi connectivity index (χ0) is 20.7. The van der Waals surface area contributed by atoms with Crippen LogP contribution in [-0.4, -0.2) is 25.9 Å². The third-order valence-electron chi connectivity index (χ3n) is 4.50. The molecule has 0 aliphatic rings. The molecule has 7 heteroatoms. The predicted molar refractivity (Wildman–Crippen MR) is 113 cm³/mol. The Bertz CT molecular complexity index is 1050. The summed E-state index contributed by atoms with van der Waals surface area (Å²) >= 11 is 0. The second-order valence-corrected chi connectivity index (χ2v) is 8.30. The maximum atomic E-state index is 13.3. The van der Waals surface area contributed by atoms with Crippen LogP contribution in [-0.2, 0) is 27.8 Å². The summed E-state index contributed by atoms with van der Waals surface area (Å²) in [7, 11) is -3.90. The van der Waals surface area contributed by atoms with E-state index < -0.39 is 10.0 Å². The lowest BCUT2D eigenvalue weighted by Gasteiger charge is -2.26. The Morgan fingerprint density at radius 3 is 2.31 bits per heavy atom. The van der Waals surface area contributed by atoms with Gasteiger partial charge < -0.3 is 5.32 Å². The standard InChI is InChI=1S/C22H23N3O3S/c1-2-19-8-6-7-11-21(19)25(29(27,28)20-9-4-3-5-10-20)17-22(26)24-16-18-12-14-23-15-13-18/h3-15H,2,16-17H2,1H3,(H,24,26). The molecule has 1 N–H and O–H groups in total. The summed E-state index contributed by atoms with van der Waals surface area (Å²) in [6.45, 7) is 1.95. The molecule has 1 aromatic heterocycles. The maximum Gasteiger partial charge on any atom is 0.264 e. The van der Waals surface area contributed by atoms with Crippen LogP contribution >= 0.6 is 0 Å². The van der Waals surface area contributed by atoms with Crippen LogP contribution in [0, 0.1) is 0 Å². The number of hydrogen-bond acceptors (Lipinski definition) is 4. The van der Waals surface area contributed by atoms with Crippen molar-refractivity contribution in [3.8, 4) is 0 Å². The Morgan fingerprint density at radius 2 is 1.62 bits per heavy atom. The van der Waals surface area contributed by atoms with Gasteiger partial charge in [-0.25, -0.2) is 8.42 Å². The van der Waals surface area contributed by atoms with Crippen molar-refractivity contribution < 1.29 is 13.2 Å². The van der Waals surface area contributed by atoms with Gasteiger partial charge in [-0.2, -0.15) is 0 Å². The topological polar surface area (TPSA) is 79.4 Å². The molecular weight excluding hydrogens is 386 g/mol. The van der Waals surface area contributed by atoms with E-state index in [-0.39, 0.29) is 17.3 Å². The van der Waals surface area contributed by atoms with Gasteiger partial charge in [0.2, 0.25) is 5.91 Å². The molecule has 0 saturated carbocycles. The summed E-state index contributed by atoms with van der Waals surface area (Å²) in [6, 6.07) is 19.0. The number of nitrogens with one attached hydrogen (secondary N) is 1. The molecule has 29 heavy (non-hydrogen) atoms. The molecule has 3 aromatic rings. The highest BCUT2D eigenvalue weighted by Gasteiger charge is 2.28. The number of carbonyl (C=O) groups is 1. The van der Waals surface area contributed by atoms with Crippen molar-refractivity contribution in [3.05, 3.63) is 90.3 Å². The number of sulfonamides is 1. The van der Waals surface area contributed by atoms with E-state index in [4.69, 9.17) is 0 Å². The minimum atomic E-state index is -3.90. The normalized spacial score (nSPS) is 11.1. The number of benzene rings is 2. The fourth-order valence-electron chi connectivity index (χ4n) is 2.96. The van der Waals surface area contributed by atoms with Gasteiger partial charge in [0.25, 0.3) is 10.0 Å². The number of rotatable bonds is 8. The lowest BCUT2D eigenvalue weighted by Crippen LogP contribution is -2.41. The Kier molecular flexibility index (Phi) is 6.61. The summed E-state index contributed by atoms with van der Waals surface area (Å²) in [5, 5.41) is 2.79. The minimum Gasteiger partial charge on any atom is -0.350 e. The Morgan fingerprint density at radius 1 is 0.966 bits per heavy atom.